The lowest BCUT2D eigenvalue weighted by atomic mass is 9.62. The van der Waals surface area contributed by atoms with Crippen molar-refractivity contribution in [2.45, 2.75) is 95.9 Å². The van der Waals surface area contributed by atoms with Crippen LogP contribution in [0.3, 0.4) is 0 Å². The smallest absolute Gasteiger partial charge is 0.248 e. The highest BCUT2D eigenvalue weighted by Gasteiger charge is 2.80. The van der Waals surface area contributed by atoms with E-state index in [9.17, 15) is 19.5 Å². The van der Waals surface area contributed by atoms with E-state index in [1.54, 1.807) is 22.0 Å². The Bertz CT molecular complexity index is 1170. The number of likely N-dealkylation sites (tertiary alicyclic amines) is 1. The summed E-state index contributed by atoms with van der Waals surface area (Å²) in [4.78, 5) is 49.1. The normalized spacial score (nSPS) is 28.6. The van der Waals surface area contributed by atoms with Crippen molar-refractivity contribution in [3.63, 3.8) is 0 Å². The van der Waals surface area contributed by atoms with Gasteiger partial charge in [0, 0.05) is 39.3 Å². The Kier molecular flexibility index (Phi) is 11.5. The maximum atomic E-state index is 14.6. The van der Waals surface area contributed by atoms with Gasteiger partial charge in [-0.1, -0.05) is 82.0 Å². The van der Waals surface area contributed by atoms with Gasteiger partial charge in [0.15, 0.2) is 0 Å². The molecule has 8 heteroatoms. The van der Waals surface area contributed by atoms with Crippen molar-refractivity contribution in [2.24, 2.45) is 17.8 Å². The fraction of sp³-hybridized carbons (Fsp3) is 0.639. The third-order valence-corrected chi connectivity index (χ3v) is 10.2. The summed E-state index contributed by atoms with van der Waals surface area (Å²) < 4.78 is 6.99. The average Bonchev–Trinajstić information content (AvgIpc) is 3.52. The summed E-state index contributed by atoms with van der Waals surface area (Å²) in [6.45, 7) is 16.3. The molecule has 0 saturated carbocycles. The largest absolute Gasteiger partial charge is 0.396 e. The van der Waals surface area contributed by atoms with E-state index >= 15 is 0 Å². The molecule has 0 radical (unpaired) electrons. The highest BCUT2D eigenvalue weighted by molar-refractivity contribution is 5.99. The SMILES string of the molecule is C=CCN(CCCCC)C(=O)C1N(CCCCCCO)C(=O)[C@@H]2[C@H](C(=O)N(CC=C)Cc3ccccc3)[C@@]3(C)OC12CC3C. The molecule has 3 saturated heterocycles. The highest BCUT2D eigenvalue weighted by Crippen LogP contribution is 2.65. The zero-order valence-corrected chi connectivity index (χ0v) is 27.1. The quantitative estimate of drug-likeness (QED) is 0.188. The van der Waals surface area contributed by atoms with Crippen LogP contribution in [-0.2, 0) is 25.7 Å². The molecule has 3 aliphatic rings. The predicted octanol–water partition coefficient (Wildman–Crippen LogP) is 4.97. The highest BCUT2D eigenvalue weighted by atomic mass is 16.5. The second-order valence-corrected chi connectivity index (χ2v) is 13.1. The molecule has 1 aromatic rings. The van der Waals surface area contributed by atoms with Gasteiger partial charge in [-0.05, 0) is 44.1 Å². The Morgan fingerprint density at radius 2 is 1.70 bits per heavy atom. The first kappa shape index (κ1) is 33.9. The van der Waals surface area contributed by atoms with Crippen LogP contribution in [0, 0.1) is 17.8 Å². The zero-order chi connectivity index (χ0) is 31.9. The Morgan fingerprint density at radius 1 is 1.02 bits per heavy atom. The Labute approximate surface area is 264 Å². The van der Waals surface area contributed by atoms with Crippen LogP contribution in [0.4, 0.5) is 0 Å². The maximum Gasteiger partial charge on any atom is 0.248 e. The van der Waals surface area contributed by atoms with Crippen molar-refractivity contribution in [1.29, 1.82) is 0 Å². The lowest BCUT2D eigenvalue weighted by Gasteiger charge is -2.39. The number of carbonyl (C=O) groups excluding carboxylic acids is 3. The second kappa shape index (κ2) is 14.9. The number of ether oxygens (including phenoxy) is 1. The minimum atomic E-state index is -1.06. The summed E-state index contributed by atoms with van der Waals surface area (Å²) in [5.41, 5.74) is -0.933. The molecule has 3 aliphatic heterocycles. The van der Waals surface area contributed by atoms with Gasteiger partial charge in [0.1, 0.15) is 11.6 Å². The fourth-order valence-electron chi connectivity index (χ4n) is 7.94. The minimum absolute atomic E-state index is 0.0180. The van der Waals surface area contributed by atoms with Gasteiger partial charge < -0.3 is 24.5 Å². The molecule has 2 bridgehead atoms. The molecule has 3 unspecified atom stereocenters. The number of aliphatic hydroxyl groups excluding tert-OH is 1. The van der Waals surface area contributed by atoms with E-state index < -0.39 is 29.1 Å². The van der Waals surface area contributed by atoms with Crippen LogP contribution in [0.2, 0.25) is 0 Å². The van der Waals surface area contributed by atoms with Crippen LogP contribution in [-0.4, -0.2) is 87.6 Å². The summed E-state index contributed by atoms with van der Waals surface area (Å²) in [6, 6.07) is 9.05. The van der Waals surface area contributed by atoms with Crippen molar-refractivity contribution in [1.82, 2.24) is 14.7 Å². The van der Waals surface area contributed by atoms with Crippen LogP contribution >= 0.6 is 0 Å². The molecule has 1 spiro atoms. The van der Waals surface area contributed by atoms with Gasteiger partial charge >= 0.3 is 0 Å². The molecule has 3 amide bonds. The number of carbonyl (C=O) groups is 3. The van der Waals surface area contributed by atoms with E-state index in [0.29, 0.717) is 45.6 Å². The van der Waals surface area contributed by atoms with E-state index in [0.717, 1.165) is 44.1 Å². The Hall–Kier alpha value is -2.97. The minimum Gasteiger partial charge on any atom is -0.396 e. The van der Waals surface area contributed by atoms with Crippen LogP contribution in [0.5, 0.6) is 0 Å². The van der Waals surface area contributed by atoms with E-state index in [-0.39, 0.29) is 30.2 Å². The number of amides is 3. The van der Waals surface area contributed by atoms with Gasteiger partial charge in [0.25, 0.3) is 0 Å². The monoisotopic (exact) mass is 607 g/mol. The lowest BCUT2D eigenvalue weighted by molar-refractivity contribution is -0.155. The predicted molar refractivity (Wildman–Crippen MR) is 172 cm³/mol. The molecular formula is C36H53N3O5. The molecule has 0 aliphatic carbocycles. The molecule has 242 valence electrons. The summed E-state index contributed by atoms with van der Waals surface area (Å²) in [5.74, 6) is -1.83. The fourth-order valence-corrected chi connectivity index (χ4v) is 7.94. The van der Waals surface area contributed by atoms with Crippen molar-refractivity contribution in [2.75, 3.05) is 32.8 Å². The third kappa shape index (κ3) is 6.38. The zero-order valence-electron chi connectivity index (χ0n) is 27.1. The topological polar surface area (TPSA) is 90.4 Å². The van der Waals surface area contributed by atoms with Crippen molar-refractivity contribution in [3.8, 4) is 0 Å². The summed E-state index contributed by atoms with van der Waals surface area (Å²) in [6.07, 6.45) is 10.1. The third-order valence-electron chi connectivity index (χ3n) is 10.2. The number of aliphatic hydroxyl groups is 1. The van der Waals surface area contributed by atoms with Crippen LogP contribution in [0.25, 0.3) is 0 Å². The molecule has 8 nitrogen and oxygen atoms in total. The van der Waals surface area contributed by atoms with E-state index in [1.807, 2.05) is 42.2 Å². The first-order valence-corrected chi connectivity index (χ1v) is 16.6. The standard InChI is InChI=1S/C36H53N3O5/c1-6-9-15-22-37(20-7-2)34(43)31-36-25-27(4)35(5,44-36)29(30(36)33(42)39(31)23-16-10-11-17-24-40)32(41)38(21-8-3)26-28-18-13-12-14-19-28/h7-8,12-14,18-19,27,29-31,40H,2-3,6,9-11,15-17,20-26H2,1,4-5H3/t27?,29-,30+,31?,35+,36?/m1/s1. The first-order chi connectivity index (χ1) is 21.2. The van der Waals surface area contributed by atoms with Crippen molar-refractivity contribution >= 4 is 17.7 Å². The number of benzene rings is 1. The molecule has 3 fully saturated rings. The molecular weight excluding hydrogens is 554 g/mol. The van der Waals surface area contributed by atoms with Crippen molar-refractivity contribution in [3.05, 3.63) is 61.2 Å². The van der Waals surface area contributed by atoms with Crippen molar-refractivity contribution < 1.29 is 24.2 Å². The molecule has 1 aromatic carbocycles. The second-order valence-electron chi connectivity index (χ2n) is 13.1. The summed E-state index contributed by atoms with van der Waals surface area (Å²) >= 11 is 0. The Balaban J connectivity index is 1.72. The number of hydrogen-bond acceptors (Lipinski definition) is 5. The van der Waals surface area contributed by atoms with E-state index in [2.05, 4.69) is 27.0 Å². The van der Waals surface area contributed by atoms with Gasteiger partial charge in [0.2, 0.25) is 17.7 Å². The molecule has 6 atom stereocenters. The molecule has 0 aromatic heterocycles. The molecule has 4 rings (SSSR count). The van der Waals surface area contributed by atoms with Gasteiger partial charge in [-0.2, -0.15) is 0 Å². The number of rotatable bonds is 18. The number of hydrogen-bond donors (Lipinski definition) is 1. The summed E-state index contributed by atoms with van der Waals surface area (Å²) in [5, 5.41) is 9.24. The van der Waals surface area contributed by atoms with E-state index in [1.165, 1.54) is 0 Å². The Morgan fingerprint density at radius 3 is 2.36 bits per heavy atom. The molecule has 44 heavy (non-hydrogen) atoms. The average molecular weight is 608 g/mol. The van der Waals surface area contributed by atoms with Gasteiger partial charge in [-0.15, -0.1) is 13.2 Å². The van der Waals surface area contributed by atoms with Crippen LogP contribution in [0.1, 0.15) is 77.7 Å². The summed E-state index contributed by atoms with van der Waals surface area (Å²) in [7, 11) is 0. The van der Waals surface area contributed by atoms with Crippen LogP contribution < -0.4 is 0 Å². The number of unbranched alkanes of at least 4 members (excludes halogenated alkanes) is 5. The molecule has 1 N–H and O–H groups in total. The van der Waals surface area contributed by atoms with Gasteiger partial charge in [0.05, 0.1) is 17.4 Å². The van der Waals surface area contributed by atoms with Gasteiger partial charge in [-0.25, -0.2) is 0 Å². The molecule has 3 heterocycles. The first-order valence-electron chi connectivity index (χ1n) is 16.6. The van der Waals surface area contributed by atoms with E-state index in [4.69, 9.17) is 4.74 Å². The number of fused-ring (bicyclic) bond motifs is 1. The van der Waals surface area contributed by atoms with Crippen LogP contribution in [0.15, 0.2) is 55.6 Å². The maximum absolute atomic E-state index is 14.6. The number of nitrogens with zero attached hydrogens (tertiary/aromatic N) is 3. The lowest BCUT2D eigenvalue weighted by Crippen LogP contribution is -2.57. The van der Waals surface area contributed by atoms with Gasteiger partial charge in [-0.3, -0.25) is 14.4 Å².